The van der Waals surface area contributed by atoms with Crippen LogP contribution in [0, 0.1) is 0 Å². The van der Waals surface area contributed by atoms with Crippen molar-refractivity contribution < 1.29 is 9.90 Å². The van der Waals surface area contributed by atoms with Gasteiger partial charge in [0.05, 0.1) is 16.3 Å². The highest BCUT2D eigenvalue weighted by molar-refractivity contribution is 7.20. The number of aromatic nitrogens is 1. The van der Waals surface area contributed by atoms with Crippen molar-refractivity contribution in [2.75, 3.05) is 13.1 Å². The number of hydrogen-bond donors (Lipinski definition) is 1. The summed E-state index contributed by atoms with van der Waals surface area (Å²) in [7, 11) is 0. The van der Waals surface area contributed by atoms with Crippen LogP contribution in [-0.2, 0) is 0 Å². The number of hydrogen-bond acceptors (Lipinski definition) is 4. The van der Waals surface area contributed by atoms with E-state index in [0.29, 0.717) is 18.1 Å². The number of amides is 1. The summed E-state index contributed by atoms with van der Waals surface area (Å²) in [6.45, 7) is 1.14. The molecule has 0 bridgehead atoms. The molecule has 2 aromatic rings. The second-order valence-corrected chi connectivity index (χ2v) is 5.56. The summed E-state index contributed by atoms with van der Waals surface area (Å²) in [6.07, 6.45) is 1.25. The number of likely N-dealkylation sites (tertiary alicyclic amines) is 1. The van der Waals surface area contributed by atoms with Gasteiger partial charge >= 0.3 is 0 Å². The molecule has 1 aromatic heterocycles. The maximum Gasteiger partial charge on any atom is 0.282 e. The molecule has 1 saturated heterocycles. The summed E-state index contributed by atoms with van der Waals surface area (Å²) in [6, 6.07) is 7.74. The minimum Gasteiger partial charge on any atom is -0.391 e. The number of carbonyl (C=O) groups excluding carboxylic acids is 1. The average molecular weight is 262 g/mol. The Morgan fingerprint density at radius 3 is 3.06 bits per heavy atom. The second kappa shape index (κ2) is 4.66. The Kier molecular flexibility index (Phi) is 3.01. The van der Waals surface area contributed by atoms with Crippen LogP contribution in [0.2, 0.25) is 0 Å². The molecular weight excluding hydrogens is 248 g/mol. The summed E-state index contributed by atoms with van der Waals surface area (Å²) in [5.74, 6) is -0.0602. The molecule has 0 spiro atoms. The third-order valence-corrected chi connectivity index (χ3v) is 4.18. The lowest BCUT2D eigenvalue weighted by molar-refractivity contribution is 0.0473. The average Bonchev–Trinajstić information content (AvgIpc) is 2.81. The first-order valence-electron chi connectivity index (χ1n) is 6.07. The number of nitrogens with zero attached hydrogens (tertiary/aromatic N) is 2. The quantitative estimate of drug-likeness (QED) is 0.854. The summed E-state index contributed by atoms with van der Waals surface area (Å²) in [5, 5.41) is 10.1. The van der Waals surface area contributed by atoms with Crippen molar-refractivity contribution >= 4 is 27.5 Å². The number of para-hydroxylation sites is 1. The number of rotatable bonds is 1. The largest absolute Gasteiger partial charge is 0.391 e. The van der Waals surface area contributed by atoms with Gasteiger partial charge in [0.25, 0.3) is 5.91 Å². The van der Waals surface area contributed by atoms with Crippen LogP contribution in [0.1, 0.15) is 22.6 Å². The number of carbonyl (C=O) groups is 1. The summed E-state index contributed by atoms with van der Waals surface area (Å²) in [4.78, 5) is 18.3. The van der Waals surface area contributed by atoms with Gasteiger partial charge in [-0.1, -0.05) is 12.1 Å². The molecule has 18 heavy (non-hydrogen) atoms. The van der Waals surface area contributed by atoms with Gasteiger partial charge in [0, 0.05) is 13.1 Å². The van der Waals surface area contributed by atoms with Crippen LogP contribution in [-0.4, -0.2) is 40.1 Å². The van der Waals surface area contributed by atoms with Crippen molar-refractivity contribution in [2.24, 2.45) is 0 Å². The molecule has 1 aliphatic rings. The van der Waals surface area contributed by atoms with Gasteiger partial charge in [-0.25, -0.2) is 4.98 Å². The zero-order valence-corrected chi connectivity index (χ0v) is 10.7. The van der Waals surface area contributed by atoms with Gasteiger partial charge in [0.15, 0.2) is 5.01 Å². The van der Waals surface area contributed by atoms with E-state index in [9.17, 15) is 9.90 Å². The van der Waals surface area contributed by atoms with Crippen LogP contribution >= 0.6 is 11.3 Å². The number of aliphatic hydroxyl groups excluding tert-OH is 1. The lowest BCUT2D eigenvalue weighted by Gasteiger charge is -2.29. The number of piperidine rings is 1. The molecule has 1 aromatic carbocycles. The molecule has 1 unspecified atom stereocenters. The molecule has 4 nitrogen and oxygen atoms in total. The molecule has 0 saturated carbocycles. The predicted octanol–water partition coefficient (Wildman–Crippen LogP) is 1.89. The van der Waals surface area contributed by atoms with Crippen molar-refractivity contribution in [2.45, 2.75) is 18.9 Å². The minimum absolute atomic E-state index is 0.0602. The topological polar surface area (TPSA) is 53.4 Å². The Balaban J connectivity index is 1.87. The molecule has 3 rings (SSSR count). The first-order chi connectivity index (χ1) is 8.74. The number of aliphatic hydroxyl groups is 1. The van der Waals surface area contributed by atoms with Gasteiger partial charge in [-0.15, -0.1) is 11.3 Å². The summed E-state index contributed by atoms with van der Waals surface area (Å²) >= 11 is 1.42. The fourth-order valence-corrected chi connectivity index (χ4v) is 3.17. The third kappa shape index (κ3) is 2.11. The van der Waals surface area contributed by atoms with E-state index in [1.54, 1.807) is 4.90 Å². The Hall–Kier alpha value is -1.46. The zero-order chi connectivity index (χ0) is 12.5. The molecule has 0 aliphatic carbocycles. The highest BCUT2D eigenvalue weighted by Crippen LogP contribution is 2.23. The Labute approximate surface area is 109 Å². The fourth-order valence-electron chi connectivity index (χ4n) is 2.24. The lowest BCUT2D eigenvalue weighted by atomic mass is 10.1. The van der Waals surface area contributed by atoms with Crippen molar-refractivity contribution in [1.82, 2.24) is 9.88 Å². The normalized spacial score (nSPS) is 20.3. The van der Waals surface area contributed by atoms with E-state index in [-0.39, 0.29) is 5.91 Å². The van der Waals surface area contributed by atoms with Crippen LogP contribution in [0.25, 0.3) is 10.2 Å². The van der Waals surface area contributed by atoms with Crippen LogP contribution in [0.5, 0.6) is 0 Å². The molecule has 1 fully saturated rings. The van der Waals surface area contributed by atoms with E-state index in [2.05, 4.69) is 4.98 Å². The van der Waals surface area contributed by atoms with Gasteiger partial charge in [0.1, 0.15) is 0 Å². The highest BCUT2D eigenvalue weighted by Gasteiger charge is 2.25. The molecule has 2 heterocycles. The van der Waals surface area contributed by atoms with Crippen LogP contribution < -0.4 is 0 Å². The molecule has 5 heteroatoms. The van der Waals surface area contributed by atoms with E-state index < -0.39 is 6.10 Å². The van der Waals surface area contributed by atoms with Gasteiger partial charge in [-0.2, -0.15) is 0 Å². The molecule has 1 atom stereocenters. The van der Waals surface area contributed by atoms with Gasteiger partial charge in [0.2, 0.25) is 0 Å². The maximum absolute atomic E-state index is 12.3. The van der Waals surface area contributed by atoms with Crippen LogP contribution in [0.4, 0.5) is 0 Å². The minimum atomic E-state index is -0.392. The fraction of sp³-hybridized carbons (Fsp3) is 0.385. The molecule has 94 valence electrons. The van der Waals surface area contributed by atoms with Crippen molar-refractivity contribution in [3.05, 3.63) is 29.3 Å². The van der Waals surface area contributed by atoms with Gasteiger partial charge < -0.3 is 10.0 Å². The van der Waals surface area contributed by atoms with E-state index in [1.807, 2.05) is 24.3 Å². The molecular formula is C13H14N2O2S. The van der Waals surface area contributed by atoms with Crippen molar-refractivity contribution in [3.8, 4) is 0 Å². The maximum atomic E-state index is 12.3. The number of benzene rings is 1. The standard InChI is InChI=1S/C13H14N2O2S/c16-9-4-3-7-15(8-9)13(17)12-14-10-5-1-2-6-11(10)18-12/h1-2,5-6,9,16H,3-4,7-8H2. The summed E-state index contributed by atoms with van der Waals surface area (Å²) in [5.41, 5.74) is 0.864. The Morgan fingerprint density at radius 1 is 1.44 bits per heavy atom. The van der Waals surface area contributed by atoms with Crippen LogP contribution in [0.15, 0.2) is 24.3 Å². The van der Waals surface area contributed by atoms with Gasteiger partial charge in [-0.3, -0.25) is 4.79 Å². The van der Waals surface area contributed by atoms with E-state index in [4.69, 9.17) is 0 Å². The first-order valence-corrected chi connectivity index (χ1v) is 6.88. The molecule has 1 N–H and O–H groups in total. The highest BCUT2D eigenvalue weighted by atomic mass is 32.1. The smallest absolute Gasteiger partial charge is 0.282 e. The van der Waals surface area contributed by atoms with E-state index >= 15 is 0 Å². The monoisotopic (exact) mass is 262 g/mol. The van der Waals surface area contributed by atoms with Crippen LogP contribution in [0.3, 0.4) is 0 Å². The van der Waals surface area contributed by atoms with E-state index in [1.165, 1.54) is 11.3 Å². The Bertz CT molecular complexity index is 548. The molecule has 1 aliphatic heterocycles. The van der Waals surface area contributed by atoms with Crippen molar-refractivity contribution in [1.29, 1.82) is 0 Å². The number of fused-ring (bicyclic) bond motifs is 1. The molecule has 1 amide bonds. The van der Waals surface area contributed by atoms with Gasteiger partial charge in [-0.05, 0) is 25.0 Å². The number of β-amino-alcohol motifs (C(OH)–C–C–N with tert-alkyl or cyclic N) is 1. The zero-order valence-electron chi connectivity index (χ0n) is 9.87. The first kappa shape index (κ1) is 11.6. The molecule has 0 radical (unpaired) electrons. The number of thiazole rings is 1. The predicted molar refractivity (Wildman–Crippen MR) is 70.8 cm³/mol. The Morgan fingerprint density at radius 2 is 2.28 bits per heavy atom. The summed E-state index contributed by atoms with van der Waals surface area (Å²) < 4.78 is 1.03. The second-order valence-electron chi connectivity index (χ2n) is 4.53. The lowest BCUT2D eigenvalue weighted by Crippen LogP contribution is -2.42. The SMILES string of the molecule is O=C(c1nc2ccccc2s1)N1CCCC(O)C1. The van der Waals surface area contributed by atoms with E-state index in [0.717, 1.165) is 23.1 Å². The van der Waals surface area contributed by atoms with Crippen molar-refractivity contribution in [3.63, 3.8) is 0 Å². The third-order valence-electron chi connectivity index (χ3n) is 3.16.